The van der Waals surface area contributed by atoms with Gasteiger partial charge < -0.3 is 15.7 Å². The maximum absolute atomic E-state index is 12.0. The zero-order valence-electron chi connectivity index (χ0n) is 11.5. The molecule has 0 aromatic rings. The van der Waals surface area contributed by atoms with Gasteiger partial charge in [-0.25, -0.2) is 0 Å². The van der Waals surface area contributed by atoms with Crippen LogP contribution in [0.4, 0.5) is 0 Å². The van der Waals surface area contributed by atoms with E-state index in [1.54, 1.807) is 0 Å². The van der Waals surface area contributed by atoms with Gasteiger partial charge >= 0.3 is 5.97 Å². The number of amides is 1. The molecule has 0 aliphatic carbocycles. The van der Waals surface area contributed by atoms with Gasteiger partial charge in [-0.2, -0.15) is 0 Å². The number of nitrogens with one attached hydrogen (secondary N) is 2. The van der Waals surface area contributed by atoms with Gasteiger partial charge in [-0.05, 0) is 31.7 Å². The van der Waals surface area contributed by atoms with Crippen molar-refractivity contribution in [2.75, 3.05) is 13.1 Å². The fourth-order valence-electron chi connectivity index (χ4n) is 2.43. The summed E-state index contributed by atoms with van der Waals surface area (Å²) in [4.78, 5) is 23.3. The molecule has 2 atom stereocenters. The molecule has 0 aromatic carbocycles. The highest BCUT2D eigenvalue weighted by molar-refractivity contribution is 5.83. The normalized spacial score (nSPS) is 23.9. The Bertz CT molecular complexity index is 313. The Balaban J connectivity index is 2.57. The smallest absolute Gasteiger partial charge is 0.311 e. The molecule has 1 fully saturated rings. The fraction of sp³-hybridized carbons (Fsp3) is 0.846. The summed E-state index contributed by atoms with van der Waals surface area (Å²) in [7, 11) is 0. The molecule has 2 unspecified atom stereocenters. The molecule has 1 heterocycles. The van der Waals surface area contributed by atoms with E-state index >= 15 is 0 Å². The SMILES string of the molecule is CCC(CC)(CNC(=O)C1NCCC1C)C(=O)O. The first-order valence-corrected chi connectivity index (χ1v) is 6.71. The lowest BCUT2D eigenvalue weighted by Gasteiger charge is -2.28. The van der Waals surface area contributed by atoms with E-state index in [9.17, 15) is 14.7 Å². The van der Waals surface area contributed by atoms with Crippen molar-refractivity contribution in [1.29, 1.82) is 0 Å². The van der Waals surface area contributed by atoms with Crippen LogP contribution < -0.4 is 10.6 Å². The highest BCUT2D eigenvalue weighted by Gasteiger charge is 2.37. The molecule has 0 saturated carbocycles. The van der Waals surface area contributed by atoms with Crippen molar-refractivity contribution in [3.05, 3.63) is 0 Å². The van der Waals surface area contributed by atoms with Gasteiger partial charge in [-0.3, -0.25) is 9.59 Å². The minimum absolute atomic E-state index is 0.0764. The topological polar surface area (TPSA) is 78.4 Å². The first-order chi connectivity index (χ1) is 8.46. The van der Waals surface area contributed by atoms with Crippen LogP contribution >= 0.6 is 0 Å². The molecule has 104 valence electrons. The molecule has 1 aliphatic heterocycles. The monoisotopic (exact) mass is 256 g/mol. The van der Waals surface area contributed by atoms with Crippen molar-refractivity contribution in [2.45, 2.75) is 46.1 Å². The first kappa shape index (κ1) is 15.0. The summed E-state index contributed by atoms with van der Waals surface area (Å²) >= 11 is 0. The third kappa shape index (κ3) is 3.02. The quantitative estimate of drug-likeness (QED) is 0.662. The second kappa shape index (κ2) is 6.18. The largest absolute Gasteiger partial charge is 0.481 e. The van der Waals surface area contributed by atoms with Crippen molar-refractivity contribution in [1.82, 2.24) is 10.6 Å². The van der Waals surface area contributed by atoms with Crippen molar-refractivity contribution in [3.8, 4) is 0 Å². The number of carboxylic acid groups (broad SMARTS) is 1. The molecule has 5 nitrogen and oxygen atoms in total. The van der Waals surface area contributed by atoms with Crippen LogP contribution in [-0.2, 0) is 9.59 Å². The number of carbonyl (C=O) groups is 2. The van der Waals surface area contributed by atoms with Gasteiger partial charge in [0.25, 0.3) is 0 Å². The van der Waals surface area contributed by atoms with Crippen LogP contribution in [-0.4, -0.2) is 36.1 Å². The summed E-state index contributed by atoms with van der Waals surface area (Å²) in [6.45, 7) is 6.79. The number of rotatable bonds is 6. The molecular weight excluding hydrogens is 232 g/mol. The molecule has 1 rings (SSSR count). The molecule has 1 saturated heterocycles. The van der Waals surface area contributed by atoms with Crippen LogP contribution in [0.2, 0.25) is 0 Å². The summed E-state index contributed by atoms with van der Waals surface area (Å²) in [5.74, 6) is -0.597. The number of carbonyl (C=O) groups excluding carboxylic acids is 1. The van der Waals surface area contributed by atoms with E-state index in [1.807, 2.05) is 20.8 Å². The molecule has 0 bridgehead atoms. The Kier molecular flexibility index (Phi) is 5.14. The van der Waals surface area contributed by atoms with E-state index in [0.29, 0.717) is 18.8 Å². The van der Waals surface area contributed by atoms with Crippen molar-refractivity contribution >= 4 is 11.9 Å². The second-order valence-electron chi connectivity index (χ2n) is 5.21. The van der Waals surface area contributed by atoms with Gasteiger partial charge in [0.05, 0.1) is 11.5 Å². The lowest BCUT2D eigenvalue weighted by Crippen LogP contribution is -2.49. The lowest BCUT2D eigenvalue weighted by atomic mass is 9.82. The summed E-state index contributed by atoms with van der Waals surface area (Å²) in [5, 5.41) is 15.2. The maximum atomic E-state index is 12.0. The van der Waals surface area contributed by atoms with Crippen molar-refractivity contribution in [3.63, 3.8) is 0 Å². The van der Waals surface area contributed by atoms with Gasteiger partial charge in [-0.15, -0.1) is 0 Å². The molecule has 0 radical (unpaired) electrons. The van der Waals surface area contributed by atoms with Crippen LogP contribution in [0.5, 0.6) is 0 Å². The standard InChI is InChI=1S/C13H24N2O3/c1-4-13(5-2,12(17)18)8-15-11(16)10-9(3)6-7-14-10/h9-10,14H,4-8H2,1-3H3,(H,15,16)(H,17,18). The van der Waals surface area contributed by atoms with Crippen molar-refractivity contribution < 1.29 is 14.7 Å². The van der Waals surface area contributed by atoms with E-state index in [4.69, 9.17) is 0 Å². The molecule has 5 heteroatoms. The molecule has 3 N–H and O–H groups in total. The van der Waals surface area contributed by atoms with Crippen LogP contribution in [0.1, 0.15) is 40.0 Å². The maximum Gasteiger partial charge on any atom is 0.311 e. The Morgan fingerprint density at radius 3 is 2.39 bits per heavy atom. The Labute approximate surface area is 108 Å². The number of hydrogen-bond acceptors (Lipinski definition) is 3. The highest BCUT2D eigenvalue weighted by atomic mass is 16.4. The second-order valence-corrected chi connectivity index (χ2v) is 5.21. The third-order valence-corrected chi connectivity index (χ3v) is 4.22. The molecular formula is C13H24N2O3. The zero-order valence-corrected chi connectivity index (χ0v) is 11.5. The van der Waals surface area contributed by atoms with Crippen LogP contribution in [0.15, 0.2) is 0 Å². The van der Waals surface area contributed by atoms with Crippen LogP contribution in [0.25, 0.3) is 0 Å². The van der Waals surface area contributed by atoms with E-state index in [1.165, 1.54) is 0 Å². The molecule has 0 spiro atoms. The minimum atomic E-state index is -0.836. The summed E-state index contributed by atoms with van der Waals surface area (Å²) in [6.07, 6.45) is 2.03. The molecule has 0 aromatic heterocycles. The Hall–Kier alpha value is -1.10. The van der Waals surface area contributed by atoms with E-state index in [2.05, 4.69) is 10.6 Å². The van der Waals surface area contributed by atoms with E-state index in [0.717, 1.165) is 13.0 Å². The predicted octanol–water partition coefficient (Wildman–Crippen LogP) is 0.992. The fourth-order valence-corrected chi connectivity index (χ4v) is 2.43. The summed E-state index contributed by atoms with van der Waals surface area (Å²) in [5.41, 5.74) is -0.836. The lowest BCUT2D eigenvalue weighted by molar-refractivity contribution is -0.149. The summed E-state index contributed by atoms with van der Waals surface area (Å²) in [6, 6.07) is -0.176. The first-order valence-electron chi connectivity index (χ1n) is 6.71. The highest BCUT2D eigenvalue weighted by Crippen LogP contribution is 2.26. The molecule has 1 amide bonds. The van der Waals surface area contributed by atoms with Crippen LogP contribution in [0.3, 0.4) is 0 Å². The number of aliphatic carboxylic acids is 1. The predicted molar refractivity (Wildman–Crippen MR) is 69.2 cm³/mol. The van der Waals surface area contributed by atoms with Gasteiger partial charge in [-0.1, -0.05) is 20.8 Å². The van der Waals surface area contributed by atoms with E-state index < -0.39 is 11.4 Å². The van der Waals surface area contributed by atoms with Crippen LogP contribution in [0, 0.1) is 11.3 Å². The Morgan fingerprint density at radius 2 is 2.00 bits per heavy atom. The van der Waals surface area contributed by atoms with Gasteiger partial charge in [0.2, 0.25) is 5.91 Å². The molecule has 18 heavy (non-hydrogen) atoms. The molecule has 1 aliphatic rings. The van der Waals surface area contributed by atoms with Gasteiger partial charge in [0.1, 0.15) is 0 Å². The number of carboxylic acids is 1. The van der Waals surface area contributed by atoms with Gasteiger partial charge in [0.15, 0.2) is 0 Å². The number of hydrogen-bond donors (Lipinski definition) is 3. The van der Waals surface area contributed by atoms with E-state index in [-0.39, 0.29) is 18.5 Å². The van der Waals surface area contributed by atoms with Crippen molar-refractivity contribution in [2.24, 2.45) is 11.3 Å². The third-order valence-electron chi connectivity index (χ3n) is 4.22. The average Bonchev–Trinajstić information content (AvgIpc) is 2.77. The summed E-state index contributed by atoms with van der Waals surface area (Å²) < 4.78 is 0. The average molecular weight is 256 g/mol. The minimum Gasteiger partial charge on any atom is -0.481 e. The van der Waals surface area contributed by atoms with Gasteiger partial charge in [0, 0.05) is 6.54 Å². The zero-order chi connectivity index (χ0) is 13.8. The Morgan fingerprint density at radius 1 is 1.39 bits per heavy atom.